The number of hydrogen-bond donors (Lipinski definition) is 2. The minimum absolute atomic E-state index is 0.249. The van der Waals surface area contributed by atoms with E-state index >= 15 is 0 Å². The van der Waals surface area contributed by atoms with E-state index in [2.05, 4.69) is 15.6 Å². The fraction of sp³-hybridized carbons (Fsp3) is 0.0455. The largest absolute Gasteiger partial charge is 0.457 e. The number of hydrogen-bond acceptors (Lipinski definition) is 4. The Kier molecular flexibility index (Phi) is 6.32. The summed E-state index contributed by atoms with van der Waals surface area (Å²) < 4.78 is 18.9. The molecule has 0 aliphatic carbocycles. The lowest BCUT2D eigenvalue weighted by atomic mass is 10.2. The molecule has 0 atom stereocenters. The van der Waals surface area contributed by atoms with Gasteiger partial charge in [0, 0.05) is 31.1 Å². The summed E-state index contributed by atoms with van der Waals surface area (Å²) in [7, 11) is 1.53. The molecule has 3 aromatic rings. The Morgan fingerprint density at radius 2 is 1.83 bits per heavy atom. The third kappa shape index (κ3) is 5.74. The van der Waals surface area contributed by atoms with Crippen molar-refractivity contribution in [2.24, 2.45) is 0 Å². The zero-order valence-electron chi connectivity index (χ0n) is 15.6. The topological polar surface area (TPSA) is 80.3 Å². The molecule has 0 radical (unpaired) electrons. The molecule has 0 aliphatic rings. The first-order valence-corrected chi connectivity index (χ1v) is 8.74. The molecule has 0 fully saturated rings. The van der Waals surface area contributed by atoms with Crippen molar-refractivity contribution in [3.63, 3.8) is 0 Å². The van der Waals surface area contributed by atoms with Crippen LogP contribution in [0.3, 0.4) is 0 Å². The van der Waals surface area contributed by atoms with E-state index in [-0.39, 0.29) is 23.3 Å². The van der Waals surface area contributed by atoms with E-state index in [4.69, 9.17) is 4.74 Å². The summed E-state index contributed by atoms with van der Waals surface area (Å²) in [6.07, 6.45) is 4.35. The second-order valence-corrected chi connectivity index (χ2v) is 5.96. The summed E-state index contributed by atoms with van der Waals surface area (Å²) in [4.78, 5) is 27.6. The van der Waals surface area contributed by atoms with Crippen molar-refractivity contribution in [1.29, 1.82) is 0 Å². The number of nitrogens with one attached hydrogen (secondary N) is 2. The standard InChI is InChI=1S/C22H18FN3O3/c1-24-22(28)20-14-19(11-12-25-20)29-18-8-6-17(7-9-18)26-21(27)10-5-15-3-2-4-16(23)13-15/h2-14H,1H3,(H,24,28)(H,26,27). The molecule has 0 saturated carbocycles. The van der Waals surface area contributed by atoms with Gasteiger partial charge in [-0.15, -0.1) is 0 Å². The number of carbonyl (C=O) groups excluding carboxylic acids is 2. The smallest absolute Gasteiger partial charge is 0.269 e. The molecule has 3 rings (SSSR count). The van der Waals surface area contributed by atoms with Crippen LogP contribution < -0.4 is 15.4 Å². The maximum atomic E-state index is 13.1. The molecule has 1 aromatic heterocycles. The third-order valence-electron chi connectivity index (χ3n) is 3.82. The number of rotatable bonds is 6. The minimum Gasteiger partial charge on any atom is -0.457 e. The SMILES string of the molecule is CNC(=O)c1cc(Oc2ccc(NC(=O)C=Cc3cccc(F)c3)cc2)ccn1. The van der Waals surface area contributed by atoms with Crippen LogP contribution in [0.15, 0.2) is 72.9 Å². The molecule has 6 nitrogen and oxygen atoms in total. The molecule has 2 aromatic carbocycles. The number of anilines is 1. The minimum atomic E-state index is -0.361. The van der Waals surface area contributed by atoms with Gasteiger partial charge in [0.1, 0.15) is 23.0 Å². The van der Waals surface area contributed by atoms with E-state index in [1.165, 1.54) is 43.6 Å². The van der Waals surface area contributed by atoms with Crippen molar-refractivity contribution in [1.82, 2.24) is 10.3 Å². The molecule has 146 valence electrons. The van der Waals surface area contributed by atoms with Gasteiger partial charge in [-0.3, -0.25) is 14.6 Å². The molecule has 1 heterocycles. The Labute approximate surface area is 167 Å². The van der Waals surface area contributed by atoms with E-state index in [0.29, 0.717) is 22.7 Å². The van der Waals surface area contributed by atoms with Gasteiger partial charge in [-0.2, -0.15) is 0 Å². The van der Waals surface area contributed by atoms with Gasteiger partial charge in [0.05, 0.1) is 0 Å². The maximum absolute atomic E-state index is 13.1. The normalized spacial score (nSPS) is 10.6. The summed E-state index contributed by atoms with van der Waals surface area (Å²) in [5, 5.41) is 5.21. The van der Waals surface area contributed by atoms with E-state index in [9.17, 15) is 14.0 Å². The van der Waals surface area contributed by atoms with Crippen LogP contribution in [-0.4, -0.2) is 23.8 Å². The number of aromatic nitrogens is 1. The van der Waals surface area contributed by atoms with Gasteiger partial charge < -0.3 is 15.4 Å². The fourth-order valence-corrected chi connectivity index (χ4v) is 2.44. The number of carbonyl (C=O) groups is 2. The van der Waals surface area contributed by atoms with Crippen molar-refractivity contribution in [2.75, 3.05) is 12.4 Å². The monoisotopic (exact) mass is 391 g/mol. The molecule has 29 heavy (non-hydrogen) atoms. The van der Waals surface area contributed by atoms with Crippen LogP contribution in [0, 0.1) is 5.82 Å². The van der Waals surface area contributed by atoms with Crippen molar-refractivity contribution in [3.05, 3.63) is 90.0 Å². The molecule has 0 saturated heterocycles. The Morgan fingerprint density at radius 3 is 2.55 bits per heavy atom. The average Bonchev–Trinajstić information content (AvgIpc) is 2.73. The molecule has 2 N–H and O–H groups in total. The number of ether oxygens (including phenoxy) is 1. The lowest BCUT2D eigenvalue weighted by Gasteiger charge is -2.08. The molecule has 2 amide bonds. The van der Waals surface area contributed by atoms with Crippen LogP contribution >= 0.6 is 0 Å². The van der Waals surface area contributed by atoms with Gasteiger partial charge >= 0.3 is 0 Å². The molecule has 0 unspecified atom stereocenters. The van der Waals surface area contributed by atoms with E-state index < -0.39 is 0 Å². The Balaban J connectivity index is 1.60. The highest BCUT2D eigenvalue weighted by Crippen LogP contribution is 2.23. The van der Waals surface area contributed by atoms with Crippen LogP contribution in [0.4, 0.5) is 10.1 Å². The number of nitrogens with zero attached hydrogens (tertiary/aromatic N) is 1. The summed E-state index contributed by atoms with van der Waals surface area (Å²) >= 11 is 0. The summed E-state index contributed by atoms with van der Waals surface area (Å²) in [6.45, 7) is 0. The van der Waals surface area contributed by atoms with E-state index in [1.807, 2.05) is 0 Å². The number of amides is 2. The molecule has 0 aliphatic heterocycles. The number of benzene rings is 2. The van der Waals surface area contributed by atoms with Gasteiger partial charge in [0.15, 0.2) is 0 Å². The first-order valence-electron chi connectivity index (χ1n) is 8.74. The zero-order chi connectivity index (χ0) is 20.6. The molecule has 0 spiro atoms. The number of halogens is 1. The van der Waals surface area contributed by atoms with E-state index in [1.54, 1.807) is 42.5 Å². The van der Waals surface area contributed by atoms with Gasteiger partial charge in [0.25, 0.3) is 5.91 Å². The Hall–Kier alpha value is -4.00. The molecule has 0 bridgehead atoms. The highest BCUT2D eigenvalue weighted by molar-refractivity contribution is 6.01. The van der Waals surface area contributed by atoms with Crippen molar-refractivity contribution >= 4 is 23.6 Å². The second kappa shape index (κ2) is 9.27. The highest BCUT2D eigenvalue weighted by Gasteiger charge is 2.07. The van der Waals surface area contributed by atoms with Crippen molar-refractivity contribution in [2.45, 2.75) is 0 Å². The summed E-state index contributed by atoms with van der Waals surface area (Å²) in [5.41, 5.74) is 1.42. The molecule has 7 heteroatoms. The quantitative estimate of drug-likeness (QED) is 0.622. The lowest BCUT2D eigenvalue weighted by Crippen LogP contribution is -2.18. The van der Waals surface area contributed by atoms with E-state index in [0.717, 1.165) is 0 Å². The van der Waals surface area contributed by atoms with Crippen LogP contribution in [0.25, 0.3) is 6.08 Å². The number of pyridine rings is 1. The molecular weight excluding hydrogens is 373 g/mol. The van der Waals surface area contributed by atoms with Gasteiger partial charge in [-0.05, 0) is 54.1 Å². The van der Waals surface area contributed by atoms with Crippen molar-refractivity contribution < 1.29 is 18.7 Å². The summed E-state index contributed by atoms with van der Waals surface area (Å²) in [5.74, 6) is -0.00681. The van der Waals surface area contributed by atoms with Crippen LogP contribution in [-0.2, 0) is 4.79 Å². The van der Waals surface area contributed by atoms with Crippen LogP contribution in [0.5, 0.6) is 11.5 Å². The first-order chi connectivity index (χ1) is 14.0. The third-order valence-corrected chi connectivity index (χ3v) is 3.82. The Bertz CT molecular complexity index is 1050. The Morgan fingerprint density at radius 1 is 1.03 bits per heavy atom. The van der Waals surface area contributed by atoms with Gasteiger partial charge in [-0.25, -0.2) is 4.39 Å². The first kappa shape index (κ1) is 19.8. The predicted molar refractivity (Wildman–Crippen MR) is 108 cm³/mol. The van der Waals surface area contributed by atoms with Gasteiger partial charge in [-0.1, -0.05) is 12.1 Å². The fourth-order valence-electron chi connectivity index (χ4n) is 2.44. The second-order valence-electron chi connectivity index (χ2n) is 5.96. The predicted octanol–water partition coefficient (Wildman–Crippen LogP) is 4.02. The summed E-state index contributed by atoms with van der Waals surface area (Å²) in [6, 6.07) is 15.9. The molecular formula is C22H18FN3O3. The van der Waals surface area contributed by atoms with Crippen LogP contribution in [0.1, 0.15) is 16.1 Å². The average molecular weight is 391 g/mol. The van der Waals surface area contributed by atoms with Gasteiger partial charge in [0.2, 0.25) is 5.91 Å². The maximum Gasteiger partial charge on any atom is 0.269 e. The zero-order valence-corrected chi connectivity index (χ0v) is 15.6. The van der Waals surface area contributed by atoms with Crippen LogP contribution in [0.2, 0.25) is 0 Å². The van der Waals surface area contributed by atoms with Crippen molar-refractivity contribution in [3.8, 4) is 11.5 Å². The highest BCUT2D eigenvalue weighted by atomic mass is 19.1. The lowest BCUT2D eigenvalue weighted by molar-refractivity contribution is -0.111.